The van der Waals surface area contributed by atoms with Crippen molar-refractivity contribution in [3.63, 3.8) is 0 Å². The van der Waals surface area contributed by atoms with E-state index in [1.54, 1.807) is 10.4 Å². The zero-order valence-electron chi connectivity index (χ0n) is 10.4. The fourth-order valence-electron chi connectivity index (χ4n) is 2.09. The number of alkyl halides is 3. The summed E-state index contributed by atoms with van der Waals surface area (Å²) in [5, 5.41) is 8.53. The number of carbonyl (C=O) groups is 1. The van der Waals surface area contributed by atoms with E-state index in [1.807, 2.05) is 0 Å². The fourth-order valence-corrected chi connectivity index (χ4v) is 2.09. The maximum absolute atomic E-state index is 12.6. The van der Waals surface area contributed by atoms with E-state index in [-0.39, 0.29) is 11.9 Å². The maximum atomic E-state index is 12.6. The van der Waals surface area contributed by atoms with Crippen LogP contribution in [0.25, 0.3) is 0 Å². The van der Waals surface area contributed by atoms with Gasteiger partial charge in [0.1, 0.15) is 5.69 Å². The van der Waals surface area contributed by atoms with Gasteiger partial charge in [0.2, 0.25) is 11.9 Å². The molecule has 110 valence electrons. The second kappa shape index (κ2) is 5.61. The first-order valence-corrected chi connectivity index (χ1v) is 6.01. The summed E-state index contributed by atoms with van der Waals surface area (Å²) in [5.41, 5.74) is 0.593. The fraction of sp³-hybridized carbons (Fsp3) is 0.545. The van der Waals surface area contributed by atoms with Crippen molar-refractivity contribution in [1.29, 1.82) is 0 Å². The minimum absolute atomic E-state index is 0.00248. The number of nitrogens with one attached hydrogen (secondary N) is 1. The van der Waals surface area contributed by atoms with Crippen molar-refractivity contribution in [3.05, 3.63) is 18.0 Å². The van der Waals surface area contributed by atoms with Crippen LogP contribution in [0, 0.1) is 5.92 Å². The summed E-state index contributed by atoms with van der Waals surface area (Å²) in [6.07, 6.45) is -2.59. The largest absolute Gasteiger partial charge is 0.433 e. The van der Waals surface area contributed by atoms with Crippen molar-refractivity contribution in [2.75, 3.05) is 18.0 Å². The molecular weight excluding hydrogens is 277 g/mol. The quantitative estimate of drug-likeness (QED) is 0.632. The highest BCUT2D eigenvalue weighted by Crippen LogP contribution is 2.29. The van der Waals surface area contributed by atoms with Crippen molar-refractivity contribution in [2.45, 2.75) is 19.0 Å². The normalized spacial score (nSPS) is 17.1. The lowest BCUT2D eigenvalue weighted by molar-refractivity contribution is -0.141. The van der Waals surface area contributed by atoms with Gasteiger partial charge in [0.05, 0.1) is 0 Å². The zero-order valence-corrected chi connectivity index (χ0v) is 10.4. The van der Waals surface area contributed by atoms with E-state index < -0.39 is 17.8 Å². The number of hydrogen-bond acceptors (Lipinski definition) is 5. The van der Waals surface area contributed by atoms with Crippen LogP contribution >= 0.6 is 0 Å². The standard InChI is InChI=1S/C11H13F3N4O2/c12-11(13,14)8-1-4-15-10(16-8)18-5-2-7(3-6-18)9(19)17-20/h1,4,7,20H,2-3,5-6H2,(H,17,19). The van der Waals surface area contributed by atoms with Crippen LogP contribution in [-0.4, -0.2) is 34.2 Å². The first kappa shape index (κ1) is 14.5. The number of hydrogen-bond donors (Lipinski definition) is 2. The van der Waals surface area contributed by atoms with Crippen LogP contribution in [0.5, 0.6) is 0 Å². The van der Waals surface area contributed by atoms with E-state index in [0.717, 1.165) is 12.3 Å². The van der Waals surface area contributed by atoms with Gasteiger partial charge < -0.3 is 4.90 Å². The molecule has 0 saturated carbocycles. The smallest absolute Gasteiger partial charge is 0.341 e. The highest BCUT2D eigenvalue weighted by molar-refractivity contribution is 5.77. The summed E-state index contributed by atoms with van der Waals surface area (Å²) in [6.45, 7) is 0.721. The summed E-state index contributed by atoms with van der Waals surface area (Å²) >= 11 is 0. The van der Waals surface area contributed by atoms with Gasteiger partial charge in [0.25, 0.3) is 0 Å². The third-order valence-corrected chi connectivity index (χ3v) is 3.19. The maximum Gasteiger partial charge on any atom is 0.433 e. The Balaban J connectivity index is 2.06. The minimum Gasteiger partial charge on any atom is -0.341 e. The Morgan fingerprint density at radius 3 is 2.60 bits per heavy atom. The van der Waals surface area contributed by atoms with Crippen LogP contribution in [0.2, 0.25) is 0 Å². The van der Waals surface area contributed by atoms with Crippen LogP contribution in [-0.2, 0) is 11.0 Å². The Bertz CT molecular complexity index is 487. The SMILES string of the molecule is O=C(NO)C1CCN(c2nccc(C(F)(F)F)n2)CC1. The average molecular weight is 290 g/mol. The molecule has 0 radical (unpaired) electrons. The van der Waals surface area contributed by atoms with E-state index in [2.05, 4.69) is 9.97 Å². The molecule has 0 aliphatic carbocycles. The molecule has 1 aromatic rings. The zero-order chi connectivity index (χ0) is 14.8. The molecule has 9 heteroatoms. The Morgan fingerprint density at radius 1 is 1.40 bits per heavy atom. The Hall–Kier alpha value is -1.90. The average Bonchev–Trinajstić information content (AvgIpc) is 2.46. The van der Waals surface area contributed by atoms with Crippen LogP contribution in [0.15, 0.2) is 12.3 Å². The van der Waals surface area contributed by atoms with Gasteiger partial charge >= 0.3 is 6.18 Å². The lowest BCUT2D eigenvalue weighted by atomic mass is 9.96. The van der Waals surface area contributed by atoms with Gasteiger partial charge in [-0.2, -0.15) is 13.2 Å². The molecule has 1 amide bonds. The molecule has 20 heavy (non-hydrogen) atoms. The summed E-state index contributed by atoms with van der Waals surface area (Å²) in [6, 6.07) is 0.815. The third-order valence-electron chi connectivity index (χ3n) is 3.19. The summed E-state index contributed by atoms with van der Waals surface area (Å²) < 4.78 is 37.7. The number of halogens is 3. The molecule has 1 aliphatic heterocycles. The van der Waals surface area contributed by atoms with Crippen LogP contribution in [0.4, 0.5) is 19.1 Å². The van der Waals surface area contributed by atoms with Crippen molar-refractivity contribution < 1.29 is 23.2 Å². The molecule has 0 bridgehead atoms. The first-order chi connectivity index (χ1) is 9.41. The number of amides is 1. The van der Waals surface area contributed by atoms with Crippen molar-refractivity contribution in [2.24, 2.45) is 5.92 Å². The van der Waals surface area contributed by atoms with Gasteiger partial charge in [0, 0.05) is 25.2 Å². The number of nitrogens with zero attached hydrogens (tertiary/aromatic N) is 3. The molecule has 0 atom stereocenters. The highest BCUT2D eigenvalue weighted by Gasteiger charge is 2.34. The van der Waals surface area contributed by atoms with Crippen LogP contribution in [0.3, 0.4) is 0 Å². The van der Waals surface area contributed by atoms with Crippen molar-refractivity contribution in [1.82, 2.24) is 15.4 Å². The molecule has 0 spiro atoms. The van der Waals surface area contributed by atoms with Gasteiger partial charge in [0.15, 0.2) is 0 Å². The minimum atomic E-state index is -4.51. The highest BCUT2D eigenvalue weighted by atomic mass is 19.4. The summed E-state index contributed by atoms with van der Waals surface area (Å²) in [5.74, 6) is -0.820. The number of hydroxylamine groups is 1. The predicted octanol–water partition coefficient (Wildman–Crippen LogP) is 1.22. The number of carbonyl (C=O) groups excluding carboxylic acids is 1. The third kappa shape index (κ3) is 3.16. The molecule has 1 aromatic heterocycles. The van der Waals surface area contributed by atoms with Gasteiger partial charge in [-0.3, -0.25) is 10.0 Å². The molecule has 2 N–H and O–H groups in total. The molecule has 2 rings (SSSR count). The van der Waals surface area contributed by atoms with Gasteiger partial charge in [-0.1, -0.05) is 0 Å². The monoisotopic (exact) mass is 290 g/mol. The molecule has 0 unspecified atom stereocenters. The van der Waals surface area contributed by atoms with E-state index in [1.165, 1.54) is 0 Å². The first-order valence-electron chi connectivity index (χ1n) is 6.01. The number of rotatable bonds is 2. The van der Waals surface area contributed by atoms with Crippen molar-refractivity contribution >= 4 is 11.9 Å². The van der Waals surface area contributed by atoms with E-state index in [0.29, 0.717) is 25.9 Å². The topological polar surface area (TPSA) is 78.4 Å². The molecule has 2 heterocycles. The molecule has 0 aromatic carbocycles. The van der Waals surface area contributed by atoms with Crippen LogP contribution < -0.4 is 10.4 Å². The Morgan fingerprint density at radius 2 is 2.05 bits per heavy atom. The Kier molecular flexibility index (Phi) is 4.07. The van der Waals surface area contributed by atoms with Crippen molar-refractivity contribution in [3.8, 4) is 0 Å². The number of piperidine rings is 1. The second-order valence-electron chi connectivity index (χ2n) is 4.48. The van der Waals surface area contributed by atoms with Gasteiger partial charge in [-0.05, 0) is 18.9 Å². The van der Waals surface area contributed by atoms with E-state index >= 15 is 0 Å². The number of anilines is 1. The molecule has 1 aliphatic rings. The lowest BCUT2D eigenvalue weighted by Gasteiger charge is -2.30. The Labute approximate surface area is 112 Å². The molecular formula is C11H13F3N4O2. The van der Waals surface area contributed by atoms with Gasteiger partial charge in [-0.25, -0.2) is 15.4 Å². The lowest BCUT2D eigenvalue weighted by Crippen LogP contribution is -2.40. The van der Waals surface area contributed by atoms with Crippen LogP contribution in [0.1, 0.15) is 18.5 Å². The van der Waals surface area contributed by atoms with E-state index in [9.17, 15) is 18.0 Å². The molecule has 1 fully saturated rings. The van der Waals surface area contributed by atoms with E-state index in [4.69, 9.17) is 5.21 Å². The summed E-state index contributed by atoms with van der Waals surface area (Å²) in [4.78, 5) is 20.2. The number of aromatic nitrogens is 2. The molecule has 1 saturated heterocycles. The predicted molar refractivity (Wildman–Crippen MR) is 61.9 cm³/mol. The molecule has 6 nitrogen and oxygen atoms in total. The second-order valence-corrected chi connectivity index (χ2v) is 4.48. The summed E-state index contributed by atoms with van der Waals surface area (Å²) in [7, 11) is 0. The van der Waals surface area contributed by atoms with Gasteiger partial charge in [-0.15, -0.1) is 0 Å².